The van der Waals surface area contributed by atoms with Crippen LogP contribution in [0.4, 0.5) is 11.4 Å². The third kappa shape index (κ3) is 6.51. The molecule has 1 amide bonds. The van der Waals surface area contributed by atoms with Crippen molar-refractivity contribution in [2.24, 2.45) is 0 Å². The van der Waals surface area contributed by atoms with E-state index in [4.69, 9.17) is 16.3 Å². The zero-order valence-corrected chi connectivity index (χ0v) is 18.1. The van der Waals surface area contributed by atoms with E-state index in [2.05, 4.69) is 4.72 Å². The largest absolute Gasteiger partial charge is 0.491 e. The van der Waals surface area contributed by atoms with E-state index in [0.717, 1.165) is 11.9 Å². The lowest BCUT2D eigenvalue weighted by Gasteiger charge is -2.36. The summed E-state index contributed by atoms with van der Waals surface area (Å²) in [5, 5.41) is 10.9. The summed E-state index contributed by atoms with van der Waals surface area (Å²) in [4.78, 5) is 16.1. The van der Waals surface area contributed by atoms with Crippen LogP contribution in [0.2, 0.25) is 5.02 Å². The number of anilines is 2. The van der Waals surface area contributed by atoms with Crippen LogP contribution in [0.15, 0.2) is 48.5 Å². The summed E-state index contributed by atoms with van der Waals surface area (Å²) >= 11 is 5.91. The van der Waals surface area contributed by atoms with Crippen molar-refractivity contribution in [1.82, 2.24) is 4.90 Å². The molecule has 0 spiro atoms. The van der Waals surface area contributed by atoms with Crippen molar-refractivity contribution in [1.29, 1.82) is 0 Å². The molecule has 1 aliphatic rings. The number of amides is 1. The first-order valence-corrected chi connectivity index (χ1v) is 11.6. The fraction of sp³-hybridized carbons (Fsp3) is 0.350. The average Bonchev–Trinajstić information content (AvgIpc) is 2.68. The second-order valence-corrected chi connectivity index (χ2v) is 9.29. The van der Waals surface area contributed by atoms with Crippen LogP contribution in [-0.2, 0) is 14.8 Å². The molecule has 0 aliphatic carbocycles. The number of hydrogen-bond donors (Lipinski definition) is 2. The molecule has 30 heavy (non-hydrogen) atoms. The van der Waals surface area contributed by atoms with Crippen LogP contribution in [0.25, 0.3) is 0 Å². The minimum absolute atomic E-state index is 0.0174. The van der Waals surface area contributed by atoms with Crippen molar-refractivity contribution in [3.05, 3.63) is 53.6 Å². The summed E-state index contributed by atoms with van der Waals surface area (Å²) < 4.78 is 30.3. The van der Waals surface area contributed by atoms with Gasteiger partial charge < -0.3 is 19.6 Å². The summed E-state index contributed by atoms with van der Waals surface area (Å²) in [6.45, 7) is 1.61. The lowest BCUT2D eigenvalue weighted by atomic mass is 10.2. The van der Waals surface area contributed by atoms with Gasteiger partial charge in [-0.25, -0.2) is 8.42 Å². The lowest BCUT2D eigenvalue weighted by molar-refractivity contribution is -0.132. The number of halogens is 1. The number of benzene rings is 2. The Balaban J connectivity index is 1.45. The molecule has 0 radical (unpaired) electrons. The molecule has 1 fully saturated rings. The molecule has 10 heteroatoms. The predicted octanol–water partition coefficient (Wildman–Crippen LogP) is 1.80. The normalized spacial score (nSPS) is 15.8. The Hall–Kier alpha value is -2.49. The van der Waals surface area contributed by atoms with Gasteiger partial charge in [0.15, 0.2) is 0 Å². The molecule has 2 aromatic rings. The quantitative estimate of drug-likeness (QED) is 0.632. The van der Waals surface area contributed by atoms with E-state index < -0.39 is 16.1 Å². The number of hydrogen-bond acceptors (Lipinski definition) is 6. The van der Waals surface area contributed by atoms with Gasteiger partial charge in [-0.05, 0) is 48.5 Å². The van der Waals surface area contributed by atoms with Gasteiger partial charge in [-0.3, -0.25) is 9.52 Å². The topological polar surface area (TPSA) is 99.2 Å². The smallest absolute Gasteiger partial charge is 0.242 e. The second-order valence-electron chi connectivity index (χ2n) is 7.10. The number of carbonyl (C=O) groups is 1. The van der Waals surface area contributed by atoms with E-state index in [0.29, 0.717) is 29.5 Å². The Morgan fingerprint density at radius 2 is 1.80 bits per heavy atom. The Bertz CT molecular complexity index is 967. The maximum atomic E-state index is 12.5. The van der Waals surface area contributed by atoms with Gasteiger partial charge in [0.1, 0.15) is 18.5 Å². The molecule has 0 aromatic heterocycles. The number of nitrogens with one attached hydrogen (secondary N) is 1. The number of rotatable bonds is 8. The van der Waals surface area contributed by atoms with Gasteiger partial charge in [0.05, 0.1) is 19.3 Å². The molecule has 8 nitrogen and oxygen atoms in total. The second kappa shape index (κ2) is 9.55. The summed E-state index contributed by atoms with van der Waals surface area (Å²) in [5.41, 5.74) is 1.36. The molecule has 1 aliphatic heterocycles. The fourth-order valence-corrected chi connectivity index (χ4v) is 3.80. The monoisotopic (exact) mass is 453 g/mol. The number of piperazine rings is 1. The molecule has 1 heterocycles. The van der Waals surface area contributed by atoms with Crippen LogP contribution in [0.1, 0.15) is 0 Å². The number of sulfonamides is 1. The van der Waals surface area contributed by atoms with Crippen molar-refractivity contribution in [3.8, 4) is 5.75 Å². The number of aliphatic hydroxyl groups excluding tert-OH is 1. The Kier molecular flexibility index (Phi) is 7.06. The van der Waals surface area contributed by atoms with Crippen LogP contribution in [0.5, 0.6) is 5.75 Å². The summed E-state index contributed by atoms with van der Waals surface area (Å²) in [5.74, 6) is 0.429. The molecule has 1 saturated heterocycles. The highest BCUT2D eigenvalue weighted by Crippen LogP contribution is 2.20. The highest BCUT2D eigenvalue weighted by atomic mass is 35.5. The lowest BCUT2D eigenvalue weighted by Crippen LogP contribution is -2.53. The molecule has 2 N–H and O–H groups in total. The van der Waals surface area contributed by atoms with E-state index in [1.165, 1.54) is 0 Å². The van der Waals surface area contributed by atoms with Gasteiger partial charge >= 0.3 is 0 Å². The van der Waals surface area contributed by atoms with E-state index in [1.54, 1.807) is 41.3 Å². The molecule has 0 saturated carbocycles. The summed E-state index contributed by atoms with van der Waals surface area (Å²) in [6.07, 6.45) is 0.231. The van der Waals surface area contributed by atoms with Gasteiger partial charge in [0.25, 0.3) is 0 Å². The van der Waals surface area contributed by atoms with Crippen molar-refractivity contribution in [3.63, 3.8) is 0 Å². The third-order valence-corrected chi connectivity index (χ3v) is 5.40. The Morgan fingerprint density at radius 3 is 2.40 bits per heavy atom. The van der Waals surface area contributed by atoms with Crippen LogP contribution in [0.3, 0.4) is 0 Å². The van der Waals surface area contributed by atoms with Crippen molar-refractivity contribution in [2.45, 2.75) is 6.10 Å². The molecule has 162 valence electrons. The number of ether oxygens (including phenoxy) is 1. The first-order valence-electron chi connectivity index (χ1n) is 9.36. The molecular weight excluding hydrogens is 430 g/mol. The number of aliphatic hydroxyl groups is 1. The van der Waals surface area contributed by atoms with Gasteiger partial charge in [-0.2, -0.15) is 0 Å². The molecule has 0 bridgehead atoms. The van der Waals surface area contributed by atoms with Crippen LogP contribution < -0.4 is 14.4 Å². The van der Waals surface area contributed by atoms with Gasteiger partial charge in [-0.1, -0.05) is 11.6 Å². The fourth-order valence-electron chi connectivity index (χ4n) is 3.11. The Labute approximate surface area is 181 Å². The first-order chi connectivity index (χ1) is 14.2. The van der Waals surface area contributed by atoms with Gasteiger partial charge in [0.2, 0.25) is 15.9 Å². The van der Waals surface area contributed by atoms with Gasteiger partial charge in [-0.15, -0.1) is 0 Å². The van der Waals surface area contributed by atoms with Crippen LogP contribution in [0, 0.1) is 0 Å². The number of β-amino-alcohol motifs (C(OH)–C–C–N with tert-alkyl or cyclic N) is 1. The number of nitrogens with zero attached hydrogens (tertiary/aromatic N) is 2. The van der Waals surface area contributed by atoms with Crippen molar-refractivity contribution in [2.75, 3.05) is 48.7 Å². The summed E-state index contributed by atoms with van der Waals surface area (Å²) in [6, 6.07) is 13.7. The summed E-state index contributed by atoms with van der Waals surface area (Å²) in [7, 11) is -3.34. The molecule has 3 rings (SSSR count). The molecule has 1 atom stereocenters. The van der Waals surface area contributed by atoms with Crippen LogP contribution >= 0.6 is 11.6 Å². The Morgan fingerprint density at radius 1 is 1.13 bits per heavy atom. The van der Waals surface area contributed by atoms with E-state index >= 15 is 0 Å². The number of carbonyl (C=O) groups excluding carboxylic acids is 1. The van der Waals surface area contributed by atoms with E-state index in [1.807, 2.05) is 17.0 Å². The highest BCUT2D eigenvalue weighted by molar-refractivity contribution is 7.92. The maximum absolute atomic E-state index is 12.5. The first kappa shape index (κ1) is 22.2. The van der Waals surface area contributed by atoms with Crippen LogP contribution in [-0.4, -0.2) is 69.5 Å². The van der Waals surface area contributed by atoms with E-state index in [9.17, 15) is 18.3 Å². The average molecular weight is 454 g/mol. The standard InChI is InChI=1S/C20H24ClN3O5S/c1-30(27,28)22-16-4-8-19(9-5-16)29-14-18(25)12-24-11-10-23(13-20(24)26)17-6-2-15(21)3-7-17/h2-9,18,22,25H,10-14H2,1H3. The highest BCUT2D eigenvalue weighted by Gasteiger charge is 2.26. The third-order valence-electron chi connectivity index (χ3n) is 4.54. The minimum atomic E-state index is -3.34. The predicted molar refractivity (Wildman–Crippen MR) is 117 cm³/mol. The molecular formula is C20H24ClN3O5S. The van der Waals surface area contributed by atoms with Gasteiger partial charge in [0, 0.05) is 29.5 Å². The van der Waals surface area contributed by atoms with Crippen molar-refractivity contribution < 1.29 is 23.1 Å². The maximum Gasteiger partial charge on any atom is 0.242 e. The minimum Gasteiger partial charge on any atom is -0.491 e. The zero-order chi connectivity index (χ0) is 21.7. The SMILES string of the molecule is CS(=O)(=O)Nc1ccc(OCC(O)CN2CCN(c3ccc(Cl)cc3)CC2=O)cc1. The molecule has 2 aromatic carbocycles. The molecule has 1 unspecified atom stereocenters. The van der Waals surface area contributed by atoms with Crippen molar-refractivity contribution >= 4 is 38.9 Å². The zero-order valence-electron chi connectivity index (χ0n) is 16.5. The van der Waals surface area contributed by atoms with E-state index in [-0.39, 0.29) is 25.6 Å².